The van der Waals surface area contributed by atoms with Crippen LogP contribution in [0.1, 0.15) is 66.4 Å². The van der Waals surface area contributed by atoms with Crippen LogP contribution in [0.25, 0.3) is 0 Å². The highest BCUT2D eigenvalue weighted by Crippen LogP contribution is 2.29. The summed E-state index contributed by atoms with van der Waals surface area (Å²) in [5.41, 5.74) is 0.505. The Bertz CT molecular complexity index is 711. The van der Waals surface area contributed by atoms with E-state index >= 15 is 0 Å². The molecule has 1 aliphatic heterocycles. The van der Waals surface area contributed by atoms with Crippen LogP contribution < -0.4 is 10.6 Å². The second kappa shape index (κ2) is 12.2. The van der Waals surface area contributed by atoms with Crippen LogP contribution in [0.4, 0.5) is 4.79 Å². The van der Waals surface area contributed by atoms with Crippen molar-refractivity contribution < 1.29 is 24.1 Å². The number of rotatable bonds is 12. The minimum Gasteiger partial charge on any atom is -0.444 e. The molecule has 2 rings (SSSR count). The topological polar surface area (TPSA) is 89.0 Å². The van der Waals surface area contributed by atoms with Gasteiger partial charge in [0.05, 0.1) is 25.4 Å². The summed E-state index contributed by atoms with van der Waals surface area (Å²) in [6.07, 6.45) is 2.13. The van der Waals surface area contributed by atoms with E-state index in [0.717, 1.165) is 31.4 Å². The molecule has 0 spiro atoms. The zero-order chi connectivity index (χ0) is 24.5. The predicted molar refractivity (Wildman–Crippen MR) is 130 cm³/mol. The first kappa shape index (κ1) is 27.6. The average Bonchev–Trinajstić information content (AvgIpc) is 3.13. The number of carbonyl (C=O) groups is 1. The summed E-state index contributed by atoms with van der Waals surface area (Å²) in [5, 5.41) is 17.2. The number of alkyl carbamates (subject to hydrolysis) is 1. The van der Waals surface area contributed by atoms with Crippen molar-refractivity contribution in [1.29, 1.82) is 0 Å². The van der Waals surface area contributed by atoms with E-state index in [4.69, 9.17) is 14.2 Å². The molecule has 1 saturated heterocycles. The number of amides is 1. The van der Waals surface area contributed by atoms with Gasteiger partial charge in [-0.05, 0) is 57.9 Å². The third kappa shape index (κ3) is 10.9. The average molecular weight is 465 g/mol. The van der Waals surface area contributed by atoms with Crippen LogP contribution >= 0.6 is 0 Å². The van der Waals surface area contributed by atoms with Gasteiger partial charge in [0.25, 0.3) is 0 Å². The molecule has 0 aliphatic carbocycles. The SMILES string of the molecule is CC(C)(CCCC1(C)OCCO1)CNCC(O)[C@H](Cc1ccccc1)NC(=O)OC(C)(C)C. The number of hydrogen-bond acceptors (Lipinski definition) is 6. The molecule has 1 unspecified atom stereocenters. The number of aliphatic hydroxyl groups is 1. The van der Waals surface area contributed by atoms with Gasteiger partial charge in [0, 0.05) is 19.5 Å². The van der Waals surface area contributed by atoms with E-state index in [0.29, 0.717) is 26.2 Å². The van der Waals surface area contributed by atoms with Crippen molar-refractivity contribution in [1.82, 2.24) is 10.6 Å². The van der Waals surface area contributed by atoms with E-state index in [1.807, 2.05) is 58.0 Å². The van der Waals surface area contributed by atoms with E-state index in [2.05, 4.69) is 24.5 Å². The fourth-order valence-corrected chi connectivity index (χ4v) is 3.99. The van der Waals surface area contributed by atoms with Gasteiger partial charge in [-0.15, -0.1) is 0 Å². The fourth-order valence-electron chi connectivity index (χ4n) is 3.99. The van der Waals surface area contributed by atoms with Crippen molar-refractivity contribution in [3.63, 3.8) is 0 Å². The number of aliphatic hydroxyl groups excluding tert-OH is 1. The lowest BCUT2D eigenvalue weighted by molar-refractivity contribution is -0.148. The second-order valence-electron chi connectivity index (χ2n) is 11.0. The lowest BCUT2D eigenvalue weighted by Crippen LogP contribution is -2.50. The summed E-state index contributed by atoms with van der Waals surface area (Å²) in [5.74, 6) is -0.447. The van der Waals surface area contributed by atoms with Gasteiger partial charge < -0.3 is 30.0 Å². The van der Waals surface area contributed by atoms with Gasteiger partial charge in [0.1, 0.15) is 5.60 Å². The Balaban J connectivity index is 1.84. The van der Waals surface area contributed by atoms with E-state index in [9.17, 15) is 9.90 Å². The minimum absolute atomic E-state index is 0.0577. The summed E-state index contributed by atoms with van der Waals surface area (Å²) in [4.78, 5) is 12.4. The molecule has 3 N–H and O–H groups in total. The van der Waals surface area contributed by atoms with Gasteiger partial charge >= 0.3 is 6.09 Å². The van der Waals surface area contributed by atoms with Gasteiger partial charge in [-0.25, -0.2) is 4.79 Å². The van der Waals surface area contributed by atoms with Crippen LogP contribution in [0.5, 0.6) is 0 Å². The van der Waals surface area contributed by atoms with Crippen LogP contribution in [0, 0.1) is 5.41 Å². The molecule has 1 aliphatic rings. The molecule has 0 radical (unpaired) electrons. The number of hydrogen-bond donors (Lipinski definition) is 3. The standard InChI is InChI=1S/C26H44N2O5/c1-24(2,3)33-23(30)28-21(17-20-11-8-7-9-12-20)22(29)18-27-19-25(4,5)13-10-14-26(6)31-15-16-32-26/h7-9,11-12,21-22,27,29H,10,13-19H2,1-6H3,(H,28,30)/t21-,22?/m0/s1. The van der Waals surface area contributed by atoms with Gasteiger partial charge in [-0.1, -0.05) is 44.2 Å². The van der Waals surface area contributed by atoms with E-state index in [1.165, 1.54) is 0 Å². The molecule has 33 heavy (non-hydrogen) atoms. The van der Waals surface area contributed by atoms with Gasteiger partial charge in [0.15, 0.2) is 5.79 Å². The predicted octanol–water partition coefficient (Wildman–Crippen LogP) is 4.03. The molecule has 1 heterocycles. The van der Waals surface area contributed by atoms with Crippen molar-refractivity contribution in [2.45, 2.75) is 90.8 Å². The Morgan fingerprint density at radius 1 is 1.15 bits per heavy atom. The van der Waals surface area contributed by atoms with Crippen molar-refractivity contribution in [3.8, 4) is 0 Å². The van der Waals surface area contributed by atoms with E-state index < -0.39 is 29.6 Å². The Morgan fingerprint density at radius 3 is 2.39 bits per heavy atom. The van der Waals surface area contributed by atoms with Crippen LogP contribution in [-0.4, -0.2) is 61.0 Å². The summed E-state index contributed by atoms with van der Waals surface area (Å²) >= 11 is 0. The molecular formula is C26H44N2O5. The molecule has 0 aromatic heterocycles. The van der Waals surface area contributed by atoms with Crippen LogP contribution in [-0.2, 0) is 20.6 Å². The highest BCUT2D eigenvalue weighted by atomic mass is 16.7. The van der Waals surface area contributed by atoms with Gasteiger partial charge in [-0.3, -0.25) is 0 Å². The molecule has 1 aromatic rings. The van der Waals surface area contributed by atoms with Gasteiger partial charge in [0.2, 0.25) is 0 Å². The van der Waals surface area contributed by atoms with Crippen molar-refractivity contribution in [2.75, 3.05) is 26.3 Å². The van der Waals surface area contributed by atoms with Crippen LogP contribution in [0.2, 0.25) is 0 Å². The summed E-state index contributed by atoms with van der Waals surface area (Å²) in [7, 11) is 0. The summed E-state index contributed by atoms with van der Waals surface area (Å²) in [6.45, 7) is 14.4. The first-order valence-electron chi connectivity index (χ1n) is 12.1. The molecule has 1 aromatic carbocycles. The molecule has 188 valence electrons. The normalized spacial score (nSPS) is 18.0. The van der Waals surface area contributed by atoms with Crippen molar-refractivity contribution in [3.05, 3.63) is 35.9 Å². The Morgan fingerprint density at radius 2 is 1.79 bits per heavy atom. The molecule has 0 saturated carbocycles. The summed E-state index contributed by atoms with van der Waals surface area (Å²) < 4.78 is 16.8. The molecule has 0 bridgehead atoms. The van der Waals surface area contributed by atoms with Crippen LogP contribution in [0.15, 0.2) is 30.3 Å². The lowest BCUT2D eigenvalue weighted by Gasteiger charge is -2.30. The Labute approximate surface area is 199 Å². The maximum Gasteiger partial charge on any atom is 0.407 e. The fraction of sp³-hybridized carbons (Fsp3) is 0.731. The lowest BCUT2D eigenvalue weighted by atomic mass is 9.86. The minimum atomic E-state index is -0.757. The molecule has 1 amide bonds. The highest BCUT2D eigenvalue weighted by molar-refractivity contribution is 5.68. The first-order chi connectivity index (χ1) is 15.4. The number of ether oxygens (including phenoxy) is 3. The molecule has 7 nitrogen and oxygen atoms in total. The van der Waals surface area contributed by atoms with E-state index in [1.54, 1.807) is 0 Å². The summed E-state index contributed by atoms with van der Waals surface area (Å²) in [6, 6.07) is 9.38. The largest absolute Gasteiger partial charge is 0.444 e. The number of benzene rings is 1. The quantitative estimate of drug-likeness (QED) is 0.433. The molecule has 7 heteroatoms. The van der Waals surface area contributed by atoms with Gasteiger partial charge in [-0.2, -0.15) is 0 Å². The molecular weight excluding hydrogens is 420 g/mol. The monoisotopic (exact) mass is 464 g/mol. The van der Waals surface area contributed by atoms with E-state index in [-0.39, 0.29) is 5.41 Å². The van der Waals surface area contributed by atoms with Crippen LogP contribution in [0.3, 0.4) is 0 Å². The first-order valence-corrected chi connectivity index (χ1v) is 12.1. The smallest absolute Gasteiger partial charge is 0.407 e. The number of nitrogens with one attached hydrogen (secondary N) is 2. The molecule has 1 fully saturated rings. The maximum atomic E-state index is 12.4. The maximum absolute atomic E-state index is 12.4. The Kier molecular flexibility index (Phi) is 10.2. The third-order valence-corrected chi connectivity index (χ3v) is 5.80. The van der Waals surface area contributed by atoms with Crippen molar-refractivity contribution in [2.24, 2.45) is 5.41 Å². The Hall–Kier alpha value is -1.67. The third-order valence-electron chi connectivity index (χ3n) is 5.80. The zero-order valence-electron chi connectivity index (χ0n) is 21.3. The zero-order valence-corrected chi connectivity index (χ0v) is 21.3. The number of carbonyl (C=O) groups excluding carboxylic acids is 1. The second-order valence-corrected chi connectivity index (χ2v) is 11.0. The van der Waals surface area contributed by atoms with Crippen molar-refractivity contribution >= 4 is 6.09 Å². The highest BCUT2D eigenvalue weighted by Gasteiger charge is 2.31. The molecule has 2 atom stereocenters.